The number of alkyl halides is 1. The molecule has 2 aromatic heterocycles. The normalized spacial score (nSPS) is 12.9. The predicted molar refractivity (Wildman–Crippen MR) is 67.0 cm³/mol. The Morgan fingerprint density at radius 2 is 2.38 bits per heavy atom. The van der Waals surface area contributed by atoms with E-state index in [1.54, 1.807) is 12.5 Å². The summed E-state index contributed by atoms with van der Waals surface area (Å²) in [5.41, 5.74) is 0.857. The first-order valence-corrected chi connectivity index (χ1v) is 5.95. The molecule has 0 aliphatic heterocycles. The number of nitrogens with one attached hydrogen (secondary N) is 1. The van der Waals surface area contributed by atoms with Crippen LogP contribution in [-0.4, -0.2) is 16.9 Å². The molecular formula is C12H15ClN2O. The summed E-state index contributed by atoms with van der Waals surface area (Å²) in [5.74, 6) is 0.867. The van der Waals surface area contributed by atoms with E-state index in [0.717, 1.165) is 36.2 Å². The molecule has 0 spiro atoms. The largest absolute Gasteiger partial charge is 0.464 e. The molecule has 86 valence electrons. The van der Waals surface area contributed by atoms with Crippen LogP contribution < -0.4 is 5.32 Å². The van der Waals surface area contributed by atoms with Crippen LogP contribution in [0.25, 0.3) is 11.0 Å². The third-order valence-corrected chi connectivity index (χ3v) is 3.10. The van der Waals surface area contributed by atoms with Gasteiger partial charge >= 0.3 is 0 Å². The Bertz CT molecular complexity index is 455. The molecule has 2 aromatic rings. The Morgan fingerprint density at radius 3 is 3.19 bits per heavy atom. The molecule has 0 aliphatic rings. The number of halogens is 1. The number of anilines is 1. The second-order valence-corrected chi connectivity index (χ2v) is 4.33. The zero-order chi connectivity index (χ0) is 11.4. The monoisotopic (exact) mass is 238 g/mol. The molecule has 4 heteroatoms. The van der Waals surface area contributed by atoms with Gasteiger partial charge in [0.05, 0.1) is 11.6 Å². The van der Waals surface area contributed by atoms with Gasteiger partial charge in [0.1, 0.15) is 11.4 Å². The minimum Gasteiger partial charge on any atom is -0.464 e. The third-order valence-electron chi connectivity index (χ3n) is 2.57. The molecular weight excluding hydrogens is 224 g/mol. The summed E-state index contributed by atoms with van der Waals surface area (Å²) in [6.45, 7) is 2.92. The van der Waals surface area contributed by atoms with Crippen molar-refractivity contribution < 1.29 is 4.42 Å². The first kappa shape index (κ1) is 11.3. The maximum absolute atomic E-state index is 6.05. The summed E-state index contributed by atoms with van der Waals surface area (Å²) in [6, 6.07) is 3.78. The molecule has 1 N–H and O–H groups in total. The Balaban J connectivity index is 2.01. The standard InChI is InChI=1S/C12H15ClN2O/c1-2-9(13)3-6-14-12-10-5-8-16-11(10)4-7-15-12/h4-5,7-9H,2-3,6H2,1H3,(H,14,15). The van der Waals surface area contributed by atoms with Gasteiger partial charge in [-0.15, -0.1) is 11.6 Å². The SMILES string of the molecule is CCC(Cl)CCNc1nccc2occc12. The van der Waals surface area contributed by atoms with E-state index in [-0.39, 0.29) is 5.38 Å². The van der Waals surface area contributed by atoms with Gasteiger partial charge in [-0.1, -0.05) is 6.92 Å². The molecule has 0 saturated carbocycles. The number of furan rings is 1. The molecule has 0 bridgehead atoms. The van der Waals surface area contributed by atoms with Crippen molar-refractivity contribution in [1.82, 2.24) is 4.98 Å². The lowest BCUT2D eigenvalue weighted by Crippen LogP contribution is -2.09. The Morgan fingerprint density at radius 1 is 1.50 bits per heavy atom. The van der Waals surface area contributed by atoms with Gasteiger partial charge in [0.2, 0.25) is 0 Å². The lowest BCUT2D eigenvalue weighted by atomic mass is 10.2. The maximum Gasteiger partial charge on any atom is 0.139 e. The van der Waals surface area contributed by atoms with Gasteiger partial charge < -0.3 is 9.73 Å². The van der Waals surface area contributed by atoms with E-state index >= 15 is 0 Å². The Labute approximate surface area is 99.8 Å². The average molecular weight is 239 g/mol. The highest BCUT2D eigenvalue weighted by atomic mass is 35.5. The van der Waals surface area contributed by atoms with Crippen LogP contribution in [0.2, 0.25) is 0 Å². The molecule has 1 unspecified atom stereocenters. The van der Waals surface area contributed by atoms with E-state index in [1.807, 2.05) is 12.1 Å². The van der Waals surface area contributed by atoms with Gasteiger partial charge in [0.15, 0.2) is 0 Å². The van der Waals surface area contributed by atoms with Crippen LogP contribution in [0.4, 0.5) is 5.82 Å². The number of fused-ring (bicyclic) bond motifs is 1. The lowest BCUT2D eigenvalue weighted by Gasteiger charge is -2.08. The molecule has 0 fully saturated rings. The molecule has 0 aromatic carbocycles. The van der Waals surface area contributed by atoms with E-state index in [4.69, 9.17) is 16.0 Å². The smallest absolute Gasteiger partial charge is 0.139 e. The van der Waals surface area contributed by atoms with Crippen molar-refractivity contribution in [2.45, 2.75) is 25.1 Å². The first-order valence-electron chi connectivity index (χ1n) is 5.51. The predicted octanol–water partition coefficient (Wildman–Crippen LogP) is 3.65. The van der Waals surface area contributed by atoms with Crippen LogP contribution in [-0.2, 0) is 0 Å². The van der Waals surface area contributed by atoms with Crippen LogP contribution in [0.1, 0.15) is 19.8 Å². The third kappa shape index (κ3) is 2.47. The second kappa shape index (κ2) is 5.21. The van der Waals surface area contributed by atoms with Crippen LogP contribution in [0.3, 0.4) is 0 Å². The first-order chi connectivity index (χ1) is 7.81. The zero-order valence-electron chi connectivity index (χ0n) is 9.24. The molecule has 16 heavy (non-hydrogen) atoms. The van der Waals surface area contributed by atoms with Crippen molar-refractivity contribution in [1.29, 1.82) is 0 Å². The summed E-state index contributed by atoms with van der Waals surface area (Å²) < 4.78 is 5.30. The molecule has 3 nitrogen and oxygen atoms in total. The molecule has 0 aliphatic carbocycles. The van der Waals surface area contributed by atoms with E-state index in [2.05, 4.69) is 17.2 Å². The number of aromatic nitrogens is 1. The van der Waals surface area contributed by atoms with Crippen molar-refractivity contribution in [3.63, 3.8) is 0 Å². The van der Waals surface area contributed by atoms with E-state index in [1.165, 1.54) is 0 Å². The molecule has 2 rings (SSSR count). The summed E-state index contributed by atoms with van der Waals surface area (Å²) >= 11 is 6.05. The highest BCUT2D eigenvalue weighted by molar-refractivity contribution is 6.20. The fraction of sp³-hybridized carbons (Fsp3) is 0.417. The molecule has 1 atom stereocenters. The van der Waals surface area contributed by atoms with Crippen LogP contribution in [0.5, 0.6) is 0 Å². The van der Waals surface area contributed by atoms with Gasteiger partial charge in [-0.3, -0.25) is 0 Å². The fourth-order valence-electron chi connectivity index (χ4n) is 1.59. The van der Waals surface area contributed by atoms with E-state index in [9.17, 15) is 0 Å². The second-order valence-electron chi connectivity index (χ2n) is 3.71. The maximum atomic E-state index is 6.05. The van der Waals surface area contributed by atoms with E-state index < -0.39 is 0 Å². The zero-order valence-corrected chi connectivity index (χ0v) is 10.00. The van der Waals surface area contributed by atoms with Gasteiger partial charge in [0.25, 0.3) is 0 Å². The Kier molecular flexibility index (Phi) is 3.67. The number of nitrogens with zero attached hydrogens (tertiary/aromatic N) is 1. The van der Waals surface area contributed by atoms with Gasteiger partial charge in [-0.25, -0.2) is 4.98 Å². The summed E-state index contributed by atoms with van der Waals surface area (Å²) in [5, 5.41) is 4.53. The van der Waals surface area contributed by atoms with Crippen molar-refractivity contribution in [2.24, 2.45) is 0 Å². The quantitative estimate of drug-likeness (QED) is 0.808. The van der Waals surface area contributed by atoms with Gasteiger partial charge in [-0.05, 0) is 25.0 Å². The number of hydrogen-bond acceptors (Lipinski definition) is 3. The van der Waals surface area contributed by atoms with Gasteiger partial charge in [0, 0.05) is 18.1 Å². The van der Waals surface area contributed by atoms with Crippen molar-refractivity contribution >= 4 is 28.4 Å². The van der Waals surface area contributed by atoms with Crippen molar-refractivity contribution in [3.05, 3.63) is 24.6 Å². The van der Waals surface area contributed by atoms with Crippen molar-refractivity contribution in [3.8, 4) is 0 Å². The molecule has 2 heterocycles. The highest BCUT2D eigenvalue weighted by Gasteiger charge is 2.05. The highest BCUT2D eigenvalue weighted by Crippen LogP contribution is 2.21. The number of hydrogen-bond donors (Lipinski definition) is 1. The van der Waals surface area contributed by atoms with Crippen molar-refractivity contribution in [2.75, 3.05) is 11.9 Å². The average Bonchev–Trinajstić information content (AvgIpc) is 2.77. The minimum atomic E-state index is 0.232. The summed E-state index contributed by atoms with van der Waals surface area (Å²) in [7, 11) is 0. The van der Waals surface area contributed by atoms with Crippen LogP contribution in [0.15, 0.2) is 29.0 Å². The summed E-state index contributed by atoms with van der Waals surface area (Å²) in [6.07, 6.45) is 5.35. The Hall–Kier alpha value is -1.22. The van der Waals surface area contributed by atoms with Crippen LogP contribution in [0, 0.1) is 0 Å². The van der Waals surface area contributed by atoms with Gasteiger partial charge in [-0.2, -0.15) is 0 Å². The molecule has 0 saturated heterocycles. The number of rotatable bonds is 5. The topological polar surface area (TPSA) is 38.1 Å². The fourth-order valence-corrected chi connectivity index (χ4v) is 1.70. The van der Waals surface area contributed by atoms with Crippen LogP contribution >= 0.6 is 11.6 Å². The summed E-state index contributed by atoms with van der Waals surface area (Å²) in [4.78, 5) is 4.29. The minimum absolute atomic E-state index is 0.232. The molecule has 0 amide bonds. The number of pyridine rings is 1. The van der Waals surface area contributed by atoms with E-state index in [0.29, 0.717) is 0 Å². The lowest BCUT2D eigenvalue weighted by molar-refractivity contribution is 0.615. The molecule has 0 radical (unpaired) electrons.